The highest BCUT2D eigenvalue weighted by molar-refractivity contribution is 7.98. The van der Waals surface area contributed by atoms with E-state index in [0.717, 1.165) is 11.1 Å². The quantitative estimate of drug-likeness (QED) is 0.258. The Balaban J connectivity index is 1.62. The van der Waals surface area contributed by atoms with Crippen LogP contribution in [-0.4, -0.2) is 21.1 Å². The molecule has 0 aliphatic heterocycles. The summed E-state index contributed by atoms with van der Waals surface area (Å²) in [6.07, 6.45) is 1.58. The molecule has 0 fully saturated rings. The summed E-state index contributed by atoms with van der Waals surface area (Å²) >= 11 is 19.4. The molecule has 0 aliphatic rings. The van der Waals surface area contributed by atoms with Gasteiger partial charge in [0.25, 0.3) is 5.95 Å². The van der Waals surface area contributed by atoms with E-state index in [9.17, 15) is 0 Å². The Hall–Kier alpha value is -1.93. The van der Waals surface area contributed by atoms with E-state index in [-0.39, 0.29) is 0 Å². The third-order valence-corrected chi connectivity index (χ3v) is 5.39. The number of hydrogen-bond donors (Lipinski definition) is 2. The van der Waals surface area contributed by atoms with Gasteiger partial charge in [0.05, 0.1) is 16.3 Å². The predicted octanol–water partition coefficient (Wildman–Crippen LogP) is 4.69. The molecule has 2 aromatic carbocycles. The van der Waals surface area contributed by atoms with Gasteiger partial charge in [0.1, 0.15) is 0 Å². The molecule has 134 valence electrons. The van der Waals surface area contributed by atoms with Crippen molar-refractivity contribution in [1.82, 2.24) is 14.9 Å². The number of benzene rings is 2. The highest BCUT2D eigenvalue weighted by Gasteiger charge is 2.10. The molecule has 0 aliphatic carbocycles. The molecule has 10 heteroatoms. The third-order valence-electron chi connectivity index (χ3n) is 3.29. The van der Waals surface area contributed by atoms with Crippen LogP contribution in [0.25, 0.3) is 0 Å². The maximum atomic E-state index is 6.06. The maximum absolute atomic E-state index is 6.06. The summed E-state index contributed by atoms with van der Waals surface area (Å²) in [7, 11) is 0. The number of aromatic nitrogens is 3. The van der Waals surface area contributed by atoms with Crippen molar-refractivity contribution in [1.29, 1.82) is 0 Å². The van der Waals surface area contributed by atoms with Gasteiger partial charge in [-0.1, -0.05) is 70.8 Å². The first-order chi connectivity index (χ1) is 12.5. The molecule has 6 nitrogen and oxygen atoms in total. The van der Waals surface area contributed by atoms with Crippen LogP contribution in [0.1, 0.15) is 11.1 Å². The van der Waals surface area contributed by atoms with Gasteiger partial charge >= 0.3 is 0 Å². The molecule has 1 aromatic heterocycles. The van der Waals surface area contributed by atoms with Crippen molar-refractivity contribution in [3.63, 3.8) is 0 Å². The topological polar surface area (TPSA) is 81.1 Å². The first-order valence-electron chi connectivity index (χ1n) is 7.35. The zero-order valence-corrected chi connectivity index (χ0v) is 16.3. The van der Waals surface area contributed by atoms with Gasteiger partial charge in [-0.2, -0.15) is 5.10 Å². The average molecular weight is 428 g/mol. The van der Waals surface area contributed by atoms with Gasteiger partial charge in [0.2, 0.25) is 5.16 Å². The van der Waals surface area contributed by atoms with Crippen molar-refractivity contribution in [2.45, 2.75) is 10.9 Å². The number of hydrogen-bond acceptors (Lipinski definition) is 6. The average Bonchev–Trinajstić information content (AvgIpc) is 2.98. The molecule has 0 bridgehead atoms. The van der Waals surface area contributed by atoms with E-state index in [0.29, 0.717) is 31.9 Å². The number of halogens is 3. The van der Waals surface area contributed by atoms with Crippen LogP contribution in [0.5, 0.6) is 0 Å². The smallest absolute Gasteiger partial charge is 0.264 e. The molecule has 0 saturated carbocycles. The van der Waals surface area contributed by atoms with Gasteiger partial charge in [-0.05, 0) is 23.8 Å². The van der Waals surface area contributed by atoms with Crippen LogP contribution >= 0.6 is 46.6 Å². The van der Waals surface area contributed by atoms with Crippen molar-refractivity contribution < 1.29 is 0 Å². The summed E-state index contributed by atoms with van der Waals surface area (Å²) in [5.74, 6) is 6.92. The van der Waals surface area contributed by atoms with E-state index >= 15 is 0 Å². The van der Waals surface area contributed by atoms with Crippen LogP contribution in [-0.2, 0) is 5.75 Å². The standard InChI is InChI=1S/C16H13Cl3N6S/c17-12-4-2-1-3-11(12)8-21-22-15-23-24-16(25(15)20)26-9-10-5-6-13(18)14(19)7-10/h1-8H,9,20H2,(H,22,23)/b21-8+. The minimum absolute atomic E-state index is 0.310. The first-order valence-corrected chi connectivity index (χ1v) is 9.47. The van der Waals surface area contributed by atoms with Crippen LogP contribution in [0.3, 0.4) is 0 Å². The molecule has 0 spiro atoms. The van der Waals surface area contributed by atoms with Crippen LogP contribution in [0, 0.1) is 0 Å². The fraction of sp³-hybridized carbons (Fsp3) is 0.0625. The van der Waals surface area contributed by atoms with E-state index in [1.165, 1.54) is 16.4 Å². The maximum Gasteiger partial charge on any atom is 0.264 e. The van der Waals surface area contributed by atoms with E-state index < -0.39 is 0 Å². The highest BCUT2D eigenvalue weighted by Crippen LogP contribution is 2.27. The van der Waals surface area contributed by atoms with E-state index in [1.807, 2.05) is 24.3 Å². The third kappa shape index (κ3) is 4.62. The molecule has 0 saturated heterocycles. The van der Waals surface area contributed by atoms with Crippen molar-refractivity contribution in [2.75, 3.05) is 11.3 Å². The fourth-order valence-electron chi connectivity index (χ4n) is 1.97. The summed E-state index contributed by atoms with van der Waals surface area (Å²) in [5, 5.41) is 14.3. The van der Waals surface area contributed by atoms with Crippen molar-refractivity contribution in [3.05, 3.63) is 68.7 Å². The number of hydrazone groups is 1. The first kappa shape index (κ1) is 18.8. The SMILES string of the molecule is Nn1c(N/N=C/c2ccccc2Cl)nnc1SCc1ccc(Cl)c(Cl)c1. The minimum atomic E-state index is 0.310. The Labute approximate surface area is 169 Å². The largest absolute Gasteiger partial charge is 0.334 e. The number of anilines is 1. The second kappa shape index (κ2) is 8.64. The number of nitrogens with zero attached hydrogens (tertiary/aromatic N) is 4. The van der Waals surface area contributed by atoms with Gasteiger partial charge < -0.3 is 5.84 Å². The molecule has 26 heavy (non-hydrogen) atoms. The molecule has 3 N–H and O–H groups in total. The number of rotatable bonds is 6. The van der Waals surface area contributed by atoms with E-state index in [4.69, 9.17) is 40.6 Å². The molecule has 0 radical (unpaired) electrons. The molecular weight excluding hydrogens is 415 g/mol. The minimum Gasteiger partial charge on any atom is -0.334 e. The lowest BCUT2D eigenvalue weighted by atomic mass is 10.2. The summed E-state index contributed by atoms with van der Waals surface area (Å²) in [6.45, 7) is 0. The van der Waals surface area contributed by atoms with Gasteiger partial charge in [-0.15, -0.1) is 10.2 Å². The van der Waals surface area contributed by atoms with Crippen LogP contribution in [0.2, 0.25) is 15.1 Å². The summed E-state index contributed by atoms with van der Waals surface area (Å²) in [5.41, 5.74) is 4.52. The highest BCUT2D eigenvalue weighted by atomic mass is 35.5. The van der Waals surface area contributed by atoms with Gasteiger partial charge in [-0.25, -0.2) is 10.1 Å². The molecule has 0 unspecified atom stereocenters. The predicted molar refractivity (Wildman–Crippen MR) is 109 cm³/mol. The Morgan fingerprint density at radius 3 is 2.65 bits per heavy atom. The normalized spacial score (nSPS) is 11.2. The Morgan fingerprint density at radius 1 is 1.08 bits per heavy atom. The van der Waals surface area contributed by atoms with Gasteiger partial charge in [-0.3, -0.25) is 0 Å². The monoisotopic (exact) mass is 426 g/mol. The Kier molecular flexibility index (Phi) is 6.26. The lowest BCUT2D eigenvalue weighted by Crippen LogP contribution is -2.13. The van der Waals surface area contributed by atoms with E-state index in [1.54, 1.807) is 24.4 Å². The summed E-state index contributed by atoms with van der Waals surface area (Å²) < 4.78 is 1.33. The van der Waals surface area contributed by atoms with Crippen LogP contribution < -0.4 is 11.3 Å². The van der Waals surface area contributed by atoms with Crippen LogP contribution in [0.4, 0.5) is 5.95 Å². The summed E-state index contributed by atoms with van der Waals surface area (Å²) in [4.78, 5) is 0. The summed E-state index contributed by atoms with van der Waals surface area (Å²) in [6, 6.07) is 12.8. The zero-order chi connectivity index (χ0) is 18.5. The zero-order valence-electron chi connectivity index (χ0n) is 13.2. The number of nitrogens with two attached hydrogens (primary N) is 1. The number of nitrogens with one attached hydrogen (secondary N) is 1. The Bertz CT molecular complexity index is 943. The molecular formula is C16H13Cl3N6S. The second-order valence-corrected chi connectivity index (χ2v) is 7.27. The molecule has 0 amide bonds. The Morgan fingerprint density at radius 2 is 1.88 bits per heavy atom. The van der Waals surface area contributed by atoms with E-state index in [2.05, 4.69) is 20.7 Å². The molecule has 1 heterocycles. The van der Waals surface area contributed by atoms with Crippen molar-refractivity contribution >= 4 is 58.7 Å². The van der Waals surface area contributed by atoms with Gasteiger partial charge in [0, 0.05) is 16.3 Å². The lowest BCUT2D eigenvalue weighted by molar-refractivity contribution is 0.847. The molecule has 0 atom stereocenters. The molecule has 3 aromatic rings. The van der Waals surface area contributed by atoms with Crippen molar-refractivity contribution in [2.24, 2.45) is 5.10 Å². The second-order valence-electron chi connectivity index (χ2n) is 5.10. The number of thioether (sulfide) groups is 1. The van der Waals surface area contributed by atoms with Crippen LogP contribution in [0.15, 0.2) is 52.7 Å². The number of nitrogen functional groups attached to an aromatic ring is 1. The molecule has 3 rings (SSSR count). The lowest BCUT2D eigenvalue weighted by Gasteiger charge is -2.04. The fourth-order valence-corrected chi connectivity index (χ4v) is 3.27. The van der Waals surface area contributed by atoms with Gasteiger partial charge in [0.15, 0.2) is 0 Å². The van der Waals surface area contributed by atoms with Crippen molar-refractivity contribution in [3.8, 4) is 0 Å².